The number of alkyl halides is 1. The van der Waals surface area contributed by atoms with E-state index in [1.807, 2.05) is 12.4 Å². The summed E-state index contributed by atoms with van der Waals surface area (Å²) in [6.07, 6.45) is 10.1. The van der Waals surface area contributed by atoms with Crippen molar-refractivity contribution in [2.24, 2.45) is 5.92 Å². The molecule has 2 heteroatoms. The number of pyridine rings is 1. The van der Waals surface area contributed by atoms with Crippen molar-refractivity contribution < 1.29 is 0 Å². The first kappa shape index (κ1) is 13.7. The molecule has 0 spiro atoms. The second-order valence-corrected chi connectivity index (χ2v) is 5.56. The normalized spacial score (nSPS) is 14.7. The maximum absolute atomic E-state index is 4.05. The second-order valence-electron chi connectivity index (χ2n) is 4.39. The van der Waals surface area contributed by atoms with Crippen molar-refractivity contribution in [2.75, 3.05) is 0 Å². The van der Waals surface area contributed by atoms with Crippen molar-refractivity contribution in [3.63, 3.8) is 0 Å². The first-order valence-corrected chi connectivity index (χ1v) is 7.22. The van der Waals surface area contributed by atoms with E-state index in [0.717, 1.165) is 12.3 Å². The van der Waals surface area contributed by atoms with Crippen LogP contribution in [0.4, 0.5) is 0 Å². The van der Waals surface area contributed by atoms with Crippen LogP contribution in [-0.4, -0.2) is 9.81 Å². The molecule has 0 radical (unpaired) electrons. The largest absolute Gasteiger partial charge is 0.265 e. The number of nitrogens with zero attached hydrogens (tertiary/aromatic N) is 1. The number of rotatable bonds is 7. The smallest absolute Gasteiger partial charge is 0.0270 e. The minimum absolute atomic E-state index is 0.603. The summed E-state index contributed by atoms with van der Waals surface area (Å²) in [5, 5.41) is 0. The summed E-state index contributed by atoms with van der Waals surface area (Å²) in [5.41, 5.74) is 1.38. The Balaban J connectivity index is 2.46. The van der Waals surface area contributed by atoms with Crippen LogP contribution in [0.25, 0.3) is 0 Å². The third kappa shape index (κ3) is 4.65. The van der Waals surface area contributed by atoms with Crippen molar-refractivity contribution >= 4 is 15.9 Å². The first-order chi connectivity index (χ1) is 7.77. The predicted molar refractivity (Wildman–Crippen MR) is 74.0 cm³/mol. The molecule has 16 heavy (non-hydrogen) atoms. The zero-order valence-corrected chi connectivity index (χ0v) is 11.9. The number of aromatic nitrogens is 1. The molecular weight excluding hydrogens is 262 g/mol. The molecular formula is C14H22BrN. The first-order valence-electron chi connectivity index (χ1n) is 6.30. The lowest BCUT2D eigenvalue weighted by Gasteiger charge is -2.21. The molecule has 2 atom stereocenters. The van der Waals surface area contributed by atoms with E-state index in [4.69, 9.17) is 0 Å². The summed E-state index contributed by atoms with van der Waals surface area (Å²) < 4.78 is 0. The molecule has 1 rings (SSSR count). The fourth-order valence-corrected chi connectivity index (χ4v) is 3.03. The van der Waals surface area contributed by atoms with Gasteiger partial charge in [0.15, 0.2) is 0 Å². The van der Waals surface area contributed by atoms with Crippen molar-refractivity contribution in [1.29, 1.82) is 0 Å². The van der Waals surface area contributed by atoms with Gasteiger partial charge < -0.3 is 0 Å². The maximum atomic E-state index is 4.05. The van der Waals surface area contributed by atoms with E-state index in [2.05, 4.69) is 46.9 Å². The lowest BCUT2D eigenvalue weighted by Crippen LogP contribution is -2.16. The van der Waals surface area contributed by atoms with Crippen LogP contribution in [0.2, 0.25) is 0 Å². The van der Waals surface area contributed by atoms with E-state index in [1.165, 1.54) is 31.2 Å². The van der Waals surface area contributed by atoms with E-state index < -0.39 is 0 Å². The van der Waals surface area contributed by atoms with E-state index in [-0.39, 0.29) is 0 Å². The van der Waals surface area contributed by atoms with Crippen molar-refractivity contribution in [1.82, 2.24) is 4.98 Å². The maximum Gasteiger partial charge on any atom is 0.0270 e. The minimum atomic E-state index is 0.603. The standard InChI is InChI=1S/C14H22BrN/c1-3-5-6-13(4-2)14(15)11-12-7-9-16-10-8-12/h7-10,13-14H,3-6,11H2,1-2H3. The molecule has 1 nitrogen and oxygen atoms in total. The molecule has 1 heterocycles. The molecule has 0 aliphatic carbocycles. The Morgan fingerprint density at radius 3 is 2.50 bits per heavy atom. The third-order valence-corrected chi connectivity index (χ3v) is 4.22. The number of unbranched alkanes of at least 4 members (excludes halogenated alkanes) is 1. The van der Waals surface area contributed by atoms with Gasteiger partial charge in [-0.25, -0.2) is 0 Å². The van der Waals surface area contributed by atoms with Gasteiger partial charge in [0.25, 0.3) is 0 Å². The summed E-state index contributed by atoms with van der Waals surface area (Å²) in [5.74, 6) is 0.799. The highest BCUT2D eigenvalue weighted by molar-refractivity contribution is 9.09. The zero-order valence-electron chi connectivity index (χ0n) is 10.3. The molecule has 0 aromatic carbocycles. The van der Waals surface area contributed by atoms with Crippen LogP contribution < -0.4 is 0 Å². The predicted octanol–water partition coefficient (Wildman–Crippen LogP) is 4.60. The highest BCUT2D eigenvalue weighted by Gasteiger charge is 2.16. The van der Waals surface area contributed by atoms with Crippen LogP contribution in [0.15, 0.2) is 24.5 Å². The molecule has 1 aromatic heterocycles. The van der Waals surface area contributed by atoms with Gasteiger partial charge in [-0.1, -0.05) is 49.0 Å². The van der Waals surface area contributed by atoms with Gasteiger partial charge in [-0.2, -0.15) is 0 Å². The second kappa shape index (κ2) is 7.83. The molecule has 0 saturated heterocycles. The molecule has 0 fully saturated rings. The molecule has 0 saturated carbocycles. The van der Waals surface area contributed by atoms with Crippen LogP contribution in [0, 0.1) is 5.92 Å². The van der Waals surface area contributed by atoms with Crippen LogP contribution in [0.1, 0.15) is 45.1 Å². The fourth-order valence-electron chi connectivity index (χ4n) is 2.02. The van der Waals surface area contributed by atoms with Crippen molar-refractivity contribution in [3.8, 4) is 0 Å². The van der Waals surface area contributed by atoms with E-state index >= 15 is 0 Å². The van der Waals surface area contributed by atoms with Gasteiger partial charge in [-0.3, -0.25) is 4.98 Å². The van der Waals surface area contributed by atoms with Crippen LogP contribution in [0.5, 0.6) is 0 Å². The van der Waals surface area contributed by atoms with Crippen LogP contribution in [0.3, 0.4) is 0 Å². The highest BCUT2D eigenvalue weighted by Crippen LogP contribution is 2.25. The lowest BCUT2D eigenvalue weighted by atomic mass is 9.92. The monoisotopic (exact) mass is 283 g/mol. The summed E-state index contributed by atoms with van der Waals surface area (Å²) >= 11 is 3.85. The SMILES string of the molecule is CCCCC(CC)C(Br)Cc1ccncc1. The fraction of sp³-hybridized carbons (Fsp3) is 0.643. The van der Waals surface area contributed by atoms with Gasteiger partial charge in [0, 0.05) is 17.2 Å². The Bertz CT molecular complexity index is 273. The molecule has 0 N–H and O–H groups in total. The Kier molecular flexibility index (Phi) is 6.70. The van der Waals surface area contributed by atoms with Crippen LogP contribution >= 0.6 is 15.9 Å². The summed E-state index contributed by atoms with van der Waals surface area (Å²) in [7, 11) is 0. The van der Waals surface area contributed by atoms with Gasteiger partial charge in [-0.15, -0.1) is 0 Å². The molecule has 0 bridgehead atoms. The van der Waals surface area contributed by atoms with E-state index in [1.54, 1.807) is 0 Å². The van der Waals surface area contributed by atoms with Crippen molar-refractivity contribution in [3.05, 3.63) is 30.1 Å². The molecule has 0 aliphatic heterocycles. The zero-order chi connectivity index (χ0) is 11.8. The number of hydrogen-bond donors (Lipinski definition) is 0. The van der Waals surface area contributed by atoms with Gasteiger partial charge in [0.1, 0.15) is 0 Å². The van der Waals surface area contributed by atoms with E-state index in [0.29, 0.717) is 4.83 Å². The molecule has 1 aromatic rings. The molecule has 2 unspecified atom stereocenters. The Hall–Kier alpha value is -0.370. The summed E-state index contributed by atoms with van der Waals surface area (Å²) in [6.45, 7) is 4.56. The molecule has 90 valence electrons. The third-order valence-electron chi connectivity index (χ3n) is 3.14. The Labute approximate surface area is 108 Å². The van der Waals surface area contributed by atoms with E-state index in [9.17, 15) is 0 Å². The Morgan fingerprint density at radius 1 is 1.25 bits per heavy atom. The van der Waals surface area contributed by atoms with Crippen molar-refractivity contribution in [2.45, 2.75) is 50.8 Å². The topological polar surface area (TPSA) is 12.9 Å². The minimum Gasteiger partial charge on any atom is -0.265 e. The molecule has 0 amide bonds. The Morgan fingerprint density at radius 2 is 1.94 bits per heavy atom. The van der Waals surface area contributed by atoms with Gasteiger partial charge >= 0.3 is 0 Å². The number of hydrogen-bond acceptors (Lipinski definition) is 1. The quantitative estimate of drug-likeness (QED) is 0.667. The number of halogens is 1. The molecule has 0 aliphatic rings. The highest BCUT2D eigenvalue weighted by atomic mass is 79.9. The summed E-state index contributed by atoms with van der Waals surface area (Å²) in [4.78, 5) is 4.66. The lowest BCUT2D eigenvalue weighted by molar-refractivity contribution is 0.437. The van der Waals surface area contributed by atoms with Gasteiger partial charge in [-0.05, 0) is 36.5 Å². The van der Waals surface area contributed by atoms with Crippen LogP contribution in [-0.2, 0) is 6.42 Å². The average Bonchev–Trinajstić information content (AvgIpc) is 2.31. The average molecular weight is 284 g/mol. The van der Waals surface area contributed by atoms with Gasteiger partial charge in [0.2, 0.25) is 0 Å². The summed E-state index contributed by atoms with van der Waals surface area (Å²) in [6, 6.07) is 4.22. The van der Waals surface area contributed by atoms with Gasteiger partial charge in [0.05, 0.1) is 0 Å².